The van der Waals surface area contributed by atoms with Gasteiger partial charge in [-0.15, -0.1) is 0 Å². The number of aryl methyl sites for hydroxylation is 1. The topological polar surface area (TPSA) is 48.1 Å². The van der Waals surface area contributed by atoms with Crippen molar-refractivity contribution < 1.29 is 4.74 Å². The number of fused-ring (bicyclic) bond motifs is 1. The van der Waals surface area contributed by atoms with Crippen LogP contribution in [0.3, 0.4) is 0 Å². The number of nitrogens with two attached hydrogens (primary N) is 1. The van der Waals surface area contributed by atoms with Crippen molar-refractivity contribution in [3.05, 3.63) is 64.3 Å². The Kier molecular flexibility index (Phi) is 3.90. The smallest absolute Gasteiger partial charge is 0.223 e. The van der Waals surface area contributed by atoms with Crippen LogP contribution < -0.4 is 10.5 Å². The second-order valence-electron chi connectivity index (χ2n) is 4.87. The first-order valence-electron chi connectivity index (χ1n) is 6.69. The minimum absolute atomic E-state index is 0.412. The lowest BCUT2D eigenvalue weighted by Gasteiger charge is -2.11. The maximum Gasteiger partial charge on any atom is 0.223 e. The third kappa shape index (κ3) is 2.91. The zero-order chi connectivity index (χ0) is 14.8. The first-order valence-corrected chi connectivity index (χ1v) is 7.48. The quantitative estimate of drug-likeness (QED) is 0.759. The minimum atomic E-state index is 0.412. The molecule has 3 rings (SSSR count). The van der Waals surface area contributed by atoms with E-state index in [1.54, 1.807) is 6.20 Å². The standard InChI is InChI=1S/C17H15BrN2O/c1-11-6-7-20-17(16(11)10-19)21-15-5-3-12-8-14(18)4-2-13(12)9-15/h2-9H,10,19H2,1H3. The molecule has 0 unspecified atom stereocenters. The molecular formula is C17H15BrN2O. The molecule has 0 saturated carbocycles. The first kappa shape index (κ1) is 14.0. The Morgan fingerprint density at radius 1 is 1.10 bits per heavy atom. The SMILES string of the molecule is Cc1ccnc(Oc2ccc3cc(Br)ccc3c2)c1CN. The number of hydrogen-bond donors (Lipinski definition) is 1. The summed E-state index contributed by atoms with van der Waals surface area (Å²) in [6, 6.07) is 14.1. The van der Waals surface area contributed by atoms with Crippen LogP contribution in [0.2, 0.25) is 0 Å². The number of ether oxygens (including phenoxy) is 1. The van der Waals surface area contributed by atoms with Crippen LogP contribution >= 0.6 is 15.9 Å². The highest BCUT2D eigenvalue weighted by molar-refractivity contribution is 9.10. The van der Waals surface area contributed by atoms with Crippen molar-refractivity contribution in [2.45, 2.75) is 13.5 Å². The predicted molar refractivity (Wildman–Crippen MR) is 88.6 cm³/mol. The molecule has 106 valence electrons. The van der Waals surface area contributed by atoms with Gasteiger partial charge in [0.15, 0.2) is 0 Å². The first-order chi connectivity index (χ1) is 10.2. The van der Waals surface area contributed by atoms with Crippen molar-refractivity contribution in [3.8, 4) is 11.6 Å². The molecule has 0 amide bonds. The lowest BCUT2D eigenvalue weighted by molar-refractivity contribution is 0.456. The molecule has 0 bridgehead atoms. The molecule has 2 aromatic carbocycles. The monoisotopic (exact) mass is 342 g/mol. The molecule has 3 nitrogen and oxygen atoms in total. The normalized spacial score (nSPS) is 10.8. The van der Waals surface area contributed by atoms with E-state index in [4.69, 9.17) is 10.5 Å². The molecule has 0 fully saturated rings. The van der Waals surface area contributed by atoms with Crippen LogP contribution in [0, 0.1) is 6.92 Å². The van der Waals surface area contributed by atoms with Crippen molar-refractivity contribution >= 4 is 26.7 Å². The maximum absolute atomic E-state index is 5.92. The van der Waals surface area contributed by atoms with E-state index in [-0.39, 0.29) is 0 Å². The van der Waals surface area contributed by atoms with E-state index in [9.17, 15) is 0 Å². The lowest BCUT2D eigenvalue weighted by atomic mass is 10.1. The highest BCUT2D eigenvalue weighted by atomic mass is 79.9. The summed E-state index contributed by atoms with van der Waals surface area (Å²) in [5.74, 6) is 1.34. The zero-order valence-corrected chi connectivity index (χ0v) is 13.2. The van der Waals surface area contributed by atoms with Crippen molar-refractivity contribution in [2.24, 2.45) is 5.73 Å². The van der Waals surface area contributed by atoms with Crippen molar-refractivity contribution in [1.82, 2.24) is 4.98 Å². The molecule has 0 aliphatic rings. The van der Waals surface area contributed by atoms with Gasteiger partial charge in [0.2, 0.25) is 5.88 Å². The summed E-state index contributed by atoms with van der Waals surface area (Å²) in [5, 5.41) is 2.28. The zero-order valence-electron chi connectivity index (χ0n) is 11.6. The van der Waals surface area contributed by atoms with E-state index in [0.29, 0.717) is 12.4 Å². The molecule has 2 N–H and O–H groups in total. The number of rotatable bonds is 3. The fourth-order valence-electron chi connectivity index (χ4n) is 2.27. The van der Waals surface area contributed by atoms with Crippen LogP contribution in [0.15, 0.2) is 53.1 Å². The van der Waals surface area contributed by atoms with Crippen molar-refractivity contribution in [3.63, 3.8) is 0 Å². The summed E-state index contributed by atoms with van der Waals surface area (Å²) in [4.78, 5) is 4.29. The van der Waals surface area contributed by atoms with E-state index in [0.717, 1.165) is 32.1 Å². The fourth-order valence-corrected chi connectivity index (χ4v) is 2.65. The number of pyridine rings is 1. The van der Waals surface area contributed by atoms with Gasteiger partial charge in [-0.25, -0.2) is 4.98 Å². The second kappa shape index (κ2) is 5.84. The van der Waals surface area contributed by atoms with Crippen LogP contribution in [0.1, 0.15) is 11.1 Å². The van der Waals surface area contributed by atoms with Gasteiger partial charge < -0.3 is 10.5 Å². The summed E-state index contributed by atoms with van der Waals surface area (Å²) < 4.78 is 6.98. The van der Waals surface area contributed by atoms with E-state index >= 15 is 0 Å². The van der Waals surface area contributed by atoms with Crippen LogP contribution in [-0.4, -0.2) is 4.98 Å². The summed E-state index contributed by atoms with van der Waals surface area (Å²) in [5.41, 5.74) is 7.82. The third-order valence-corrected chi connectivity index (χ3v) is 3.94. The third-order valence-electron chi connectivity index (χ3n) is 3.44. The molecule has 3 aromatic rings. The van der Waals surface area contributed by atoms with E-state index in [1.165, 1.54) is 0 Å². The van der Waals surface area contributed by atoms with Crippen molar-refractivity contribution in [2.75, 3.05) is 0 Å². The van der Waals surface area contributed by atoms with Gasteiger partial charge in [0.05, 0.1) is 0 Å². The van der Waals surface area contributed by atoms with Gasteiger partial charge in [0.25, 0.3) is 0 Å². The van der Waals surface area contributed by atoms with Gasteiger partial charge in [-0.1, -0.05) is 28.1 Å². The Labute approximate surface area is 131 Å². The number of nitrogens with zero attached hydrogens (tertiary/aromatic N) is 1. The molecule has 1 heterocycles. The van der Waals surface area contributed by atoms with Gasteiger partial charge in [0.1, 0.15) is 5.75 Å². The maximum atomic E-state index is 5.92. The Hall–Kier alpha value is -1.91. The Morgan fingerprint density at radius 2 is 1.86 bits per heavy atom. The minimum Gasteiger partial charge on any atom is -0.439 e. The van der Waals surface area contributed by atoms with E-state index in [2.05, 4.69) is 33.0 Å². The van der Waals surface area contributed by atoms with Gasteiger partial charge in [-0.05, 0) is 53.6 Å². The molecular weight excluding hydrogens is 328 g/mol. The van der Waals surface area contributed by atoms with Crippen LogP contribution in [0.25, 0.3) is 10.8 Å². The largest absolute Gasteiger partial charge is 0.439 e. The molecule has 21 heavy (non-hydrogen) atoms. The molecule has 0 radical (unpaired) electrons. The van der Waals surface area contributed by atoms with Crippen LogP contribution in [0.5, 0.6) is 11.6 Å². The van der Waals surface area contributed by atoms with Gasteiger partial charge >= 0.3 is 0 Å². The van der Waals surface area contributed by atoms with Crippen LogP contribution in [-0.2, 0) is 6.54 Å². The summed E-state index contributed by atoms with van der Waals surface area (Å²) >= 11 is 3.48. The average Bonchev–Trinajstić information content (AvgIpc) is 2.48. The van der Waals surface area contributed by atoms with Gasteiger partial charge in [-0.2, -0.15) is 0 Å². The van der Waals surface area contributed by atoms with Crippen molar-refractivity contribution in [1.29, 1.82) is 0 Å². The molecule has 0 aliphatic carbocycles. The highest BCUT2D eigenvalue weighted by Gasteiger charge is 2.08. The molecule has 0 spiro atoms. The number of benzene rings is 2. The van der Waals surface area contributed by atoms with E-state index < -0.39 is 0 Å². The summed E-state index contributed by atoms with van der Waals surface area (Å²) in [7, 11) is 0. The number of halogens is 1. The number of aromatic nitrogens is 1. The molecule has 0 aliphatic heterocycles. The molecule has 1 aromatic heterocycles. The number of hydrogen-bond acceptors (Lipinski definition) is 3. The Bertz CT molecular complexity index is 802. The second-order valence-corrected chi connectivity index (χ2v) is 5.79. The van der Waals surface area contributed by atoms with Gasteiger partial charge in [-0.3, -0.25) is 0 Å². The average molecular weight is 343 g/mol. The molecule has 0 saturated heterocycles. The predicted octanol–water partition coefficient (Wildman–Crippen LogP) is 4.56. The highest BCUT2D eigenvalue weighted by Crippen LogP contribution is 2.28. The van der Waals surface area contributed by atoms with E-state index in [1.807, 2.05) is 37.3 Å². The summed E-state index contributed by atoms with van der Waals surface area (Å²) in [6.45, 7) is 2.42. The Morgan fingerprint density at radius 3 is 2.67 bits per heavy atom. The summed E-state index contributed by atoms with van der Waals surface area (Å²) in [6.07, 6.45) is 1.74. The fraction of sp³-hybridized carbons (Fsp3) is 0.118. The molecule has 4 heteroatoms. The van der Waals surface area contributed by atoms with Crippen LogP contribution in [0.4, 0.5) is 0 Å². The lowest BCUT2D eigenvalue weighted by Crippen LogP contribution is -2.03. The Balaban J connectivity index is 1.98. The van der Waals surface area contributed by atoms with Gasteiger partial charge in [0, 0.05) is 22.8 Å². The molecule has 0 atom stereocenters.